The molecule has 1 aliphatic carbocycles. The molecule has 210 valence electrons. The zero-order valence-corrected chi connectivity index (χ0v) is 24.1. The molecule has 3 aliphatic rings. The second-order valence-corrected chi connectivity index (χ2v) is 12.0. The van der Waals surface area contributed by atoms with Gasteiger partial charge in [0.25, 0.3) is 17.3 Å². The Kier molecular flexibility index (Phi) is 7.90. The van der Waals surface area contributed by atoms with Crippen LogP contribution in [0.4, 0.5) is 0 Å². The highest BCUT2D eigenvalue weighted by molar-refractivity contribution is 7.98. The fraction of sp³-hybridized carbons (Fsp3) is 0.536. The Hall–Kier alpha value is -2.69. The van der Waals surface area contributed by atoms with Crippen LogP contribution in [0.1, 0.15) is 59.8 Å². The fourth-order valence-electron chi connectivity index (χ4n) is 5.57. The lowest BCUT2D eigenvalue weighted by atomic mass is 9.78. The van der Waals surface area contributed by atoms with Gasteiger partial charge >= 0.3 is 0 Å². The monoisotopic (exact) mass is 575 g/mol. The van der Waals surface area contributed by atoms with E-state index in [9.17, 15) is 14.4 Å². The summed E-state index contributed by atoms with van der Waals surface area (Å²) in [6.07, 6.45) is 4.94. The number of fused-ring (bicyclic) bond motifs is 1. The van der Waals surface area contributed by atoms with Crippen LogP contribution in [-0.2, 0) is 16.1 Å². The van der Waals surface area contributed by atoms with Gasteiger partial charge in [-0.1, -0.05) is 11.6 Å². The molecule has 2 fully saturated rings. The van der Waals surface area contributed by atoms with Crippen molar-refractivity contribution in [1.82, 2.24) is 15.6 Å². The molecular formula is C28H34ClN3O6S. The number of hydrogen-bond acceptors (Lipinski definition) is 7. The Morgan fingerprint density at radius 3 is 2.46 bits per heavy atom. The first kappa shape index (κ1) is 27.9. The molecule has 39 heavy (non-hydrogen) atoms. The third-order valence-electron chi connectivity index (χ3n) is 7.99. The van der Waals surface area contributed by atoms with Crippen LogP contribution < -0.4 is 25.7 Å². The van der Waals surface area contributed by atoms with Crippen LogP contribution in [0.2, 0.25) is 5.02 Å². The molecule has 1 atom stereocenters. The fourth-order valence-corrected chi connectivity index (χ4v) is 6.51. The SMILES string of the molecule is CSc1cc(C)[nH]c(=O)c1CNC(=O)c1cc(Cl)c2c(c1C)OC(C)(C1CCC(C(=O)NC3COC3)CC1)O2. The molecule has 1 aromatic carbocycles. The van der Waals surface area contributed by atoms with Crippen LogP contribution in [0.3, 0.4) is 0 Å². The number of carbonyl (C=O) groups excluding carboxylic acids is 2. The minimum absolute atomic E-state index is 0.0257. The maximum Gasteiger partial charge on any atom is 0.254 e. The van der Waals surface area contributed by atoms with Crippen molar-refractivity contribution in [3.63, 3.8) is 0 Å². The minimum atomic E-state index is -0.947. The summed E-state index contributed by atoms with van der Waals surface area (Å²) >= 11 is 8.05. The number of carbonyl (C=O) groups is 2. The van der Waals surface area contributed by atoms with Gasteiger partial charge in [0, 0.05) is 52.6 Å². The molecule has 2 aliphatic heterocycles. The van der Waals surface area contributed by atoms with Crippen LogP contribution in [0, 0.1) is 25.7 Å². The summed E-state index contributed by atoms with van der Waals surface area (Å²) < 4.78 is 17.8. The molecule has 3 heterocycles. The second kappa shape index (κ2) is 11.1. The first-order chi connectivity index (χ1) is 18.6. The summed E-state index contributed by atoms with van der Waals surface area (Å²) in [5.41, 5.74) is 2.03. The number of amides is 2. The van der Waals surface area contributed by atoms with E-state index in [2.05, 4.69) is 15.6 Å². The maximum atomic E-state index is 13.2. The highest BCUT2D eigenvalue weighted by Gasteiger charge is 2.48. The zero-order valence-electron chi connectivity index (χ0n) is 22.6. The number of halogens is 1. The predicted molar refractivity (Wildman–Crippen MR) is 149 cm³/mol. The summed E-state index contributed by atoms with van der Waals surface area (Å²) in [6, 6.07) is 3.60. The number of hydrogen-bond donors (Lipinski definition) is 3. The van der Waals surface area contributed by atoms with Crippen LogP contribution in [0.25, 0.3) is 0 Å². The lowest BCUT2D eigenvalue weighted by Crippen LogP contribution is -2.51. The molecule has 0 bridgehead atoms. The second-order valence-electron chi connectivity index (χ2n) is 10.7. The van der Waals surface area contributed by atoms with Gasteiger partial charge in [0.15, 0.2) is 11.5 Å². The van der Waals surface area contributed by atoms with Gasteiger partial charge in [-0.2, -0.15) is 0 Å². The minimum Gasteiger partial charge on any atom is -0.448 e. The average molecular weight is 576 g/mol. The van der Waals surface area contributed by atoms with E-state index < -0.39 is 5.79 Å². The summed E-state index contributed by atoms with van der Waals surface area (Å²) in [5, 5.41) is 6.20. The lowest BCUT2D eigenvalue weighted by molar-refractivity contribution is -0.138. The number of nitrogens with one attached hydrogen (secondary N) is 3. The van der Waals surface area contributed by atoms with Crippen LogP contribution in [-0.4, -0.2) is 48.1 Å². The number of thioether (sulfide) groups is 1. The van der Waals surface area contributed by atoms with Gasteiger partial charge in [0.1, 0.15) is 0 Å². The molecular weight excluding hydrogens is 542 g/mol. The van der Waals surface area contributed by atoms with Crippen molar-refractivity contribution in [1.29, 1.82) is 0 Å². The first-order valence-electron chi connectivity index (χ1n) is 13.2. The Balaban J connectivity index is 1.26. The average Bonchev–Trinajstić information content (AvgIpc) is 3.27. The van der Waals surface area contributed by atoms with Gasteiger partial charge < -0.3 is 29.8 Å². The topological polar surface area (TPSA) is 119 Å². The molecule has 1 saturated carbocycles. The number of rotatable bonds is 7. The Morgan fingerprint density at radius 1 is 1.13 bits per heavy atom. The molecule has 2 aromatic rings. The normalized spacial score (nSPS) is 24.2. The van der Waals surface area contributed by atoms with E-state index in [4.69, 9.17) is 25.8 Å². The van der Waals surface area contributed by atoms with Gasteiger partial charge in [-0.05, 0) is 57.9 Å². The number of pyridine rings is 1. The number of aromatic amines is 1. The van der Waals surface area contributed by atoms with Gasteiger partial charge in [-0.3, -0.25) is 14.4 Å². The first-order valence-corrected chi connectivity index (χ1v) is 14.8. The molecule has 0 spiro atoms. The Morgan fingerprint density at radius 2 is 1.82 bits per heavy atom. The largest absolute Gasteiger partial charge is 0.448 e. The standard InChI is InChI=1S/C28H34ClN3O6S/c1-14-9-22(39-4)20(27(35)31-14)11-30-26(34)19-10-21(29)24-23(15(19)2)37-28(3,38-24)17-7-5-16(6-8-17)25(33)32-18-12-36-13-18/h9-10,16-18H,5-8,11-13H2,1-4H3,(H,30,34)(H,31,35)(H,32,33). The number of aryl methyl sites for hydroxylation is 1. The number of benzene rings is 1. The molecule has 2 amide bonds. The summed E-state index contributed by atoms with van der Waals surface area (Å²) in [4.78, 5) is 41.9. The molecule has 9 nitrogen and oxygen atoms in total. The maximum absolute atomic E-state index is 13.2. The van der Waals surface area contributed by atoms with Crippen molar-refractivity contribution >= 4 is 35.2 Å². The third kappa shape index (κ3) is 5.51. The third-order valence-corrected chi connectivity index (χ3v) is 9.08. The molecule has 11 heteroatoms. The lowest BCUT2D eigenvalue weighted by Gasteiger charge is -2.37. The molecule has 1 saturated heterocycles. The smallest absolute Gasteiger partial charge is 0.254 e. The number of aromatic nitrogens is 1. The molecule has 5 rings (SSSR count). The van der Waals surface area contributed by atoms with Crippen molar-refractivity contribution in [3.05, 3.63) is 49.9 Å². The van der Waals surface area contributed by atoms with Crippen molar-refractivity contribution in [2.75, 3.05) is 19.5 Å². The van der Waals surface area contributed by atoms with E-state index in [-0.39, 0.29) is 41.8 Å². The van der Waals surface area contributed by atoms with Crippen molar-refractivity contribution in [3.8, 4) is 11.5 Å². The van der Waals surface area contributed by atoms with Crippen molar-refractivity contribution < 1.29 is 23.8 Å². The number of ether oxygens (including phenoxy) is 3. The molecule has 0 radical (unpaired) electrons. The van der Waals surface area contributed by atoms with Gasteiger partial charge in [-0.25, -0.2) is 0 Å². The van der Waals surface area contributed by atoms with Gasteiger partial charge in [0.05, 0.1) is 24.3 Å². The van der Waals surface area contributed by atoms with E-state index in [1.165, 1.54) is 11.8 Å². The Bertz CT molecular complexity index is 1350. The van der Waals surface area contributed by atoms with E-state index in [1.54, 1.807) is 13.0 Å². The summed E-state index contributed by atoms with van der Waals surface area (Å²) in [7, 11) is 0. The van der Waals surface area contributed by atoms with E-state index in [0.29, 0.717) is 46.4 Å². The number of H-pyrrole nitrogens is 1. The van der Waals surface area contributed by atoms with Gasteiger partial charge in [-0.15, -0.1) is 11.8 Å². The Labute approximate surface area is 236 Å². The van der Waals surface area contributed by atoms with Crippen LogP contribution in [0.5, 0.6) is 11.5 Å². The summed E-state index contributed by atoms with van der Waals surface area (Å²) in [5.74, 6) is -0.289. The van der Waals surface area contributed by atoms with E-state index in [1.807, 2.05) is 26.2 Å². The van der Waals surface area contributed by atoms with Crippen molar-refractivity contribution in [2.45, 2.75) is 69.7 Å². The highest BCUT2D eigenvalue weighted by Crippen LogP contribution is 2.52. The van der Waals surface area contributed by atoms with Crippen LogP contribution >= 0.6 is 23.4 Å². The van der Waals surface area contributed by atoms with Crippen molar-refractivity contribution in [2.24, 2.45) is 11.8 Å². The summed E-state index contributed by atoms with van der Waals surface area (Å²) in [6.45, 7) is 6.77. The zero-order chi connectivity index (χ0) is 27.9. The molecule has 1 aromatic heterocycles. The highest BCUT2D eigenvalue weighted by atomic mass is 35.5. The predicted octanol–water partition coefficient (Wildman–Crippen LogP) is 4.11. The van der Waals surface area contributed by atoms with E-state index >= 15 is 0 Å². The van der Waals surface area contributed by atoms with Crippen LogP contribution in [0.15, 0.2) is 21.8 Å². The molecule has 1 unspecified atom stereocenters. The van der Waals surface area contributed by atoms with E-state index in [0.717, 1.165) is 36.3 Å². The van der Waals surface area contributed by atoms with Gasteiger partial charge in [0.2, 0.25) is 5.91 Å². The quantitative estimate of drug-likeness (QED) is 0.425. The molecule has 3 N–H and O–H groups in total.